The van der Waals surface area contributed by atoms with E-state index in [1.807, 2.05) is 32.9 Å². The fourth-order valence-electron chi connectivity index (χ4n) is 2.18. The number of nitrogens with one attached hydrogen (secondary N) is 3. The van der Waals surface area contributed by atoms with Crippen LogP contribution in [0.25, 0.3) is 0 Å². The van der Waals surface area contributed by atoms with Crippen molar-refractivity contribution in [2.24, 2.45) is 4.99 Å². The van der Waals surface area contributed by atoms with Crippen molar-refractivity contribution in [2.75, 3.05) is 26.7 Å². The molecule has 1 amide bonds. The molecule has 0 aliphatic carbocycles. The van der Waals surface area contributed by atoms with E-state index in [1.54, 1.807) is 19.2 Å². The number of nitrogens with zero attached hydrogens (tertiary/aromatic N) is 1. The van der Waals surface area contributed by atoms with Crippen molar-refractivity contribution in [2.45, 2.75) is 45.6 Å². The van der Waals surface area contributed by atoms with Gasteiger partial charge in [-0.25, -0.2) is 4.79 Å². The molecule has 0 unspecified atom stereocenters. The number of ether oxygens (including phenoxy) is 1. The number of alkyl carbamates (subject to hydrolysis) is 1. The molecular weight excluding hydrogens is 332 g/mol. The van der Waals surface area contributed by atoms with E-state index in [-0.39, 0.29) is 5.75 Å². The maximum atomic E-state index is 11.5. The molecule has 0 saturated carbocycles. The predicted octanol–water partition coefficient (Wildman–Crippen LogP) is 2.40. The van der Waals surface area contributed by atoms with Crippen molar-refractivity contribution in [1.29, 1.82) is 0 Å². The number of phenolic OH excluding ortho intramolecular Hbond substituents is 1. The third-order valence-electron chi connectivity index (χ3n) is 3.41. The standard InChI is InChI=1S/C19H32N4O3/c1-19(2,3)26-18(25)23-14-6-13-22-17(20-4)21-12-5-7-15-8-10-16(24)11-9-15/h8-11,24H,5-7,12-14H2,1-4H3,(H,23,25)(H2,20,21,22). The summed E-state index contributed by atoms with van der Waals surface area (Å²) in [5.41, 5.74) is 0.717. The third-order valence-corrected chi connectivity index (χ3v) is 3.41. The molecule has 0 heterocycles. The van der Waals surface area contributed by atoms with Crippen molar-refractivity contribution < 1.29 is 14.6 Å². The number of carbonyl (C=O) groups excluding carboxylic acids is 1. The molecule has 0 fully saturated rings. The highest BCUT2D eigenvalue weighted by Crippen LogP contribution is 2.10. The van der Waals surface area contributed by atoms with E-state index >= 15 is 0 Å². The average Bonchev–Trinajstić information content (AvgIpc) is 2.56. The Kier molecular flexibility index (Phi) is 9.33. The molecule has 7 nitrogen and oxygen atoms in total. The molecule has 0 aliphatic heterocycles. The summed E-state index contributed by atoms with van der Waals surface area (Å²) in [6.07, 6.45) is 2.28. The summed E-state index contributed by atoms with van der Waals surface area (Å²) in [7, 11) is 1.73. The van der Waals surface area contributed by atoms with Gasteiger partial charge in [-0.05, 0) is 57.7 Å². The first-order chi connectivity index (χ1) is 12.3. The van der Waals surface area contributed by atoms with E-state index in [1.165, 1.54) is 5.56 Å². The summed E-state index contributed by atoms with van der Waals surface area (Å²) in [6, 6.07) is 7.27. The van der Waals surface area contributed by atoms with Gasteiger partial charge in [-0.1, -0.05) is 12.1 Å². The Labute approximate surface area is 156 Å². The number of rotatable bonds is 8. The minimum Gasteiger partial charge on any atom is -0.508 e. The normalized spacial score (nSPS) is 11.8. The molecular formula is C19H32N4O3. The van der Waals surface area contributed by atoms with Gasteiger partial charge in [-0.2, -0.15) is 0 Å². The number of aryl methyl sites for hydroxylation is 1. The zero-order chi connectivity index (χ0) is 19.4. The number of aromatic hydroxyl groups is 1. The van der Waals surface area contributed by atoms with E-state index in [0.29, 0.717) is 13.1 Å². The number of aliphatic imine (C=N–C) groups is 1. The highest BCUT2D eigenvalue weighted by atomic mass is 16.6. The molecule has 0 bridgehead atoms. The van der Waals surface area contributed by atoms with Crippen LogP contribution in [-0.2, 0) is 11.2 Å². The molecule has 1 rings (SSSR count). The second-order valence-corrected chi connectivity index (χ2v) is 6.98. The molecule has 0 radical (unpaired) electrons. The first-order valence-electron chi connectivity index (χ1n) is 8.99. The predicted molar refractivity (Wildman–Crippen MR) is 105 cm³/mol. The maximum Gasteiger partial charge on any atom is 0.407 e. The second kappa shape index (κ2) is 11.2. The van der Waals surface area contributed by atoms with Gasteiger partial charge in [0.25, 0.3) is 0 Å². The van der Waals surface area contributed by atoms with Crippen molar-refractivity contribution in [3.63, 3.8) is 0 Å². The topological polar surface area (TPSA) is 95.0 Å². The lowest BCUT2D eigenvalue weighted by atomic mass is 10.1. The number of benzene rings is 1. The van der Waals surface area contributed by atoms with Crippen LogP contribution in [0.5, 0.6) is 5.75 Å². The van der Waals surface area contributed by atoms with Crippen LogP contribution in [0.2, 0.25) is 0 Å². The van der Waals surface area contributed by atoms with Gasteiger partial charge in [0.05, 0.1) is 0 Å². The Morgan fingerprint density at radius 3 is 2.19 bits per heavy atom. The molecule has 0 aliphatic rings. The first-order valence-corrected chi connectivity index (χ1v) is 8.99. The van der Waals surface area contributed by atoms with Gasteiger partial charge in [0.2, 0.25) is 0 Å². The number of amides is 1. The number of phenols is 1. The van der Waals surface area contributed by atoms with E-state index in [9.17, 15) is 9.90 Å². The fourth-order valence-corrected chi connectivity index (χ4v) is 2.18. The van der Waals surface area contributed by atoms with Gasteiger partial charge >= 0.3 is 6.09 Å². The van der Waals surface area contributed by atoms with E-state index < -0.39 is 11.7 Å². The average molecular weight is 364 g/mol. The molecule has 7 heteroatoms. The summed E-state index contributed by atoms with van der Waals surface area (Å²) in [5, 5.41) is 18.5. The minimum atomic E-state index is -0.478. The van der Waals surface area contributed by atoms with Crippen LogP contribution in [0.4, 0.5) is 4.79 Å². The number of carbonyl (C=O) groups is 1. The highest BCUT2D eigenvalue weighted by molar-refractivity contribution is 5.79. The Bertz CT molecular complexity index is 565. The van der Waals surface area contributed by atoms with Gasteiger partial charge in [0.1, 0.15) is 11.4 Å². The number of guanidine groups is 1. The summed E-state index contributed by atoms with van der Waals surface area (Å²) >= 11 is 0. The van der Waals surface area contributed by atoms with Crippen LogP contribution in [0.3, 0.4) is 0 Å². The Balaban J connectivity index is 2.10. The van der Waals surface area contributed by atoms with Gasteiger partial charge in [-0.3, -0.25) is 4.99 Å². The first kappa shape index (κ1) is 21.6. The molecule has 0 spiro atoms. The van der Waals surface area contributed by atoms with E-state index in [4.69, 9.17) is 4.74 Å². The minimum absolute atomic E-state index is 0.289. The number of hydrogen-bond donors (Lipinski definition) is 4. The largest absolute Gasteiger partial charge is 0.508 e. The van der Waals surface area contributed by atoms with Crippen LogP contribution in [-0.4, -0.2) is 49.4 Å². The SMILES string of the molecule is CN=C(NCCCNC(=O)OC(C)(C)C)NCCCc1ccc(O)cc1. The monoisotopic (exact) mass is 364 g/mol. The molecule has 0 aromatic heterocycles. The van der Waals surface area contributed by atoms with Crippen LogP contribution < -0.4 is 16.0 Å². The van der Waals surface area contributed by atoms with Crippen LogP contribution in [0.15, 0.2) is 29.3 Å². The molecule has 0 atom stereocenters. The zero-order valence-electron chi connectivity index (χ0n) is 16.3. The maximum absolute atomic E-state index is 11.5. The van der Waals surface area contributed by atoms with Crippen molar-refractivity contribution in [1.82, 2.24) is 16.0 Å². The highest BCUT2D eigenvalue weighted by Gasteiger charge is 2.15. The van der Waals surface area contributed by atoms with E-state index in [2.05, 4.69) is 20.9 Å². The smallest absolute Gasteiger partial charge is 0.407 e. The Morgan fingerprint density at radius 2 is 1.62 bits per heavy atom. The quantitative estimate of drug-likeness (QED) is 0.323. The summed E-state index contributed by atoms with van der Waals surface area (Å²) < 4.78 is 5.17. The van der Waals surface area contributed by atoms with Crippen LogP contribution in [0, 0.1) is 0 Å². The Morgan fingerprint density at radius 1 is 1.04 bits per heavy atom. The Hall–Kier alpha value is -2.44. The molecule has 26 heavy (non-hydrogen) atoms. The van der Waals surface area contributed by atoms with Gasteiger partial charge in [0, 0.05) is 26.7 Å². The number of hydrogen-bond acceptors (Lipinski definition) is 4. The molecule has 146 valence electrons. The molecule has 0 saturated heterocycles. The molecule has 1 aromatic carbocycles. The molecule has 1 aromatic rings. The summed E-state index contributed by atoms with van der Waals surface area (Å²) in [6.45, 7) is 7.56. The van der Waals surface area contributed by atoms with Crippen molar-refractivity contribution in [3.05, 3.63) is 29.8 Å². The van der Waals surface area contributed by atoms with Crippen LogP contribution >= 0.6 is 0 Å². The van der Waals surface area contributed by atoms with Crippen molar-refractivity contribution >= 4 is 12.1 Å². The van der Waals surface area contributed by atoms with Crippen molar-refractivity contribution in [3.8, 4) is 5.75 Å². The zero-order valence-corrected chi connectivity index (χ0v) is 16.3. The van der Waals surface area contributed by atoms with Gasteiger partial charge in [-0.15, -0.1) is 0 Å². The second-order valence-electron chi connectivity index (χ2n) is 6.98. The lowest BCUT2D eigenvalue weighted by molar-refractivity contribution is 0.0527. The van der Waals surface area contributed by atoms with Crippen LogP contribution in [0.1, 0.15) is 39.2 Å². The van der Waals surface area contributed by atoms with Gasteiger partial charge in [0.15, 0.2) is 5.96 Å². The van der Waals surface area contributed by atoms with Gasteiger partial charge < -0.3 is 25.8 Å². The molecule has 4 N–H and O–H groups in total. The third kappa shape index (κ3) is 10.4. The summed E-state index contributed by atoms with van der Waals surface area (Å²) in [4.78, 5) is 15.7. The fraction of sp³-hybridized carbons (Fsp3) is 0.579. The summed E-state index contributed by atoms with van der Waals surface area (Å²) in [5.74, 6) is 1.03. The van der Waals surface area contributed by atoms with E-state index in [0.717, 1.165) is 31.8 Å². The lowest BCUT2D eigenvalue weighted by Crippen LogP contribution is -2.39. The lowest BCUT2D eigenvalue weighted by Gasteiger charge is -2.19.